The molecule has 0 saturated heterocycles. The highest BCUT2D eigenvalue weighted by Crippen LogP contribution is 2.30. The summed E-state index contributed by atoms with van der Waals surface area (Å²) in [4.78, 5) is 4.38. The van der Waals surface area contributed by atoms with Gasteiger partial charge in [-0.2, -0.15) is 13.2 Å². The van der Waals surface area contributed by atoms with Crippen molar-refractivity contribution < 1.29 is 13.2 Å². The molecule has 0 radical (unpaired) electrons. The van der Waals surface area contributed by atoms with Crippen LogP contribution in [-0.4, -0.2) is 26.7 Å². The number of benzene rings is 1. The second-order valence-electron chi connectivity index (χ2n) is 4.05. The average Bonchev–Trinajstić information content (AvgIpc) is 2.65. The van der Waals surface area contributed by atoms with Gasteiger partial charge in [0.15, 0.2) is 0 Å². The molecule has 0 spiro atoms. The lowest BCUT2D eigenvalue weighted by atomic mass is 10.3. The van der Waals surface area contributed by atoms with Crippen molar-refractivity contribution in [2.24, 2.45) is 0 Å². The van der Waals surface area contributed by atoms with Gasteiger partial charge < -0.3 is 4.57 Å². The summed E-state index contributed by atoms with van der Waals surface area (Å²) in [5, 5.41) is 0.546. The van der Waals surface area contributed by atoms with Crippen LogP contribution in [0.4, 0.5) is 13.2 Å². The Morgan fingerprint density at radius 2 is 2.05 bits per heavy atom. The molecule has 2 rings (SSSR count). The van der Waals surface area contributed by atoms with Crippen molar-refractivity contribution in [3.63, 3.8) is 0 Å². The second kappa shape index (κ2) is 6.45. The molecule has 0 fully saturated rings. The summed E-state index contributed by atoms with van der Waals surface area (Å²) in [6, 6.07) is 5.16. The number of hydrogen-bond donors (Lipinski definition) is 0. The normalized spacial score (nSPS) is 12.2. The van der Waals surface area contributed by atoms with Gasteiger partial charge in [-0.1, -0.05) is 11.6 Å². The van der Waals surface area contributed by atoms with Crippen LogP contribution in [0.5, 0.6) is 0 Å². The standard InChI is InChI=1S/C12H11Cl2F3N2S/c13-4-3-11-18-9-7-8(14)1-2-10(9)19(11)5-6-20-12(15,16)17/h1-2,7H,3-6H2. The van der Waals surface area contributed by atoms with Crippen LogP contribution >= 0.6 is 35.0 Å². The van der Waals surface area contributed by atoms with Crippen molar-refractivity contribution in [2.75, 3.05) is 11.6 Å². The molecule has 0 saturated carbocycles. The van der Waals surface area contributed by atoms with E-state index in [2.05, 4.69) is 4.98 Å². The maximum atomic E-state index is 12.2. The first kappa shape index (κ1) is 15.8. The minimum atomic E-state index is -4.22. The highest BCUT2D eigenvalue weighted by atomic mass is 35.5. The van der Waals surface area contributed by atoms with Crippen LogP contribution in [0.15, 0.2) is 18.2 Å². The minimum Gasteiger partial charge on any atom is -0.327 e. The highest BCUT2D eigenvalue weighted by Gasteiger charge is 2.27. The molecule has 0 amide bonds. The molecule has 20 heavy (non-hydrogen) atoms. The van der Waals surface area contributed by atoms with Crippen LogP contribution < -0.4 is 0 Å². The maximum Gasteiger partial charge on any atom is 0.441 e. The van der Waals surface area contributed by atoms with E-state index < -0.39 is 5.51 Å². The van der Waals surface area contributed by atoms with Crippen molar-refractivity contribution in [2.45, 2.75) is 18.5 Å². The molecule has 1 aromatic carbocycles. The summed E-state index contributed by atoms with van der Waals surface area (Å²) in [5.74, 6) is 0.983. The lowest BCUT2D eigenvalue weighted by Crippen LogP contribution is -2.10. The summed E-state index contributed by atoms with van der Waals surface area (Å²) >= 11 is 11.6. The van der Waals surface area contributed by atoms with Crippen LogP contribution in [0.3, 0.4) is 0 Å². The largest absolute Gasteiger partial charge is 0.441 e. The first-order valence-electron chi connectivity index (χ1n) is 5.82. The number of fused-ring (bicyclic) bond motifs is 1. The van der Waals surface area contributed by atoms with E-state index >= 15 is 0 Å². The zero-order valence-corrected chi connectivity index (χ0v) is 12.6. The molecule has 0 aliphatic heterocycles. The molecule has 0 aliphatic carbocycles. The molecule has 0 unspecified atom stereocenters. The van der Waals surface area contributed by atoms with E-state index in [0.29, 0.717) is 28.7 Å². The van der Waals surface area contributed by atoms with Gasteiger partial charge in [0, 0.05) is 29.6 Å². The van der Waals surface area contributed by atoms with Crippen LogP contribution in [0.25, 0.3) is 11.0 Å². The number of imidazole rings is 1. The Kier molecular flexibility index (Phi) is 5.09. The first-order valence-corrected chi connectivity index (χ1v) is 7.72. The zero-order chi connectivity index (χ0) is 14.8. The number of aryl methyl sites for hydroxylation is 2. The Hall–Kier alpha value is -0.590. The molecule has 2 aromatic rings. The van der Waals surface area contributed by atoms with Gasteiger partial charge in [-0.05, 0) is 30.0 Å². The molecule has 2 nitrogen and oxygen atoms in total. The van der Waals surface area contributed by atoms with Crippen molar-refractivity contribution in [3.05, 3.63) is 29.0 Å². The Morgan fingerprint density at radius 1 is 1.30 bits per heavy atom. The predicted molar refractivity (Wildman–Crippen MR) is 77.7 cm³/mol. The monoisotopic (exact) mass is 342 g/mol. The fraction of sp³-hybridized carbons (Fsp3) is 0.417. The molecular formula is C12H11Cl2F3N2S. The first-order chi connectivity index (χ1) is 9.40. The van der Waals surface area contributed by atoms with E-state index in [9.17, 15) is 13.2 Å². The van der Waals surface area contributed by atoms with Crippen molar-refractivity contribution >= 4 is 46.0 Å². The molecule has 0 atom stereocenters. The van der Waals surface area contributed by atoms with Gasteiger partial charge >= 0.3 is 5.51 Å². The van der Waals surface area contributed by atoms with Gasteiger partial charge in [0.1, 0.15) is 5.82 Å². The Bertz CT molecular complexity index is 598. The zero-order valence-electron chi connectivity index (χ0n) is 10.3. The summed E-state index contributed by atoms with van der Waals surface area (Å²) in [6.45, 7) is 0.231. The third kappa shape index (κ3) is 3.96. The van der Waals surface area contributed by atoms with E-state index in [1.54, 1.807) is 22.8 Å². The Balaban J connectivity index is 2.26. The molecule has 1 aromatic heterocycles. The number of aromatic nitrogens is 2. The number of hydrogen-bond acceptors (Lipinski definition) is 2. The van der Waals surface area contributed by atoms with Crippen molar-refractivity contribution in [1.29, 1.82) is 0 Å². The van der Waals surface area contributed by atoms with E-state index in [4.69, 9.17) is 23.2 Å². The van der Waals surface area contributed by atoms with Crippen molar-refractivity contribution in [1.82, 2.24) is 9.55 Å². The van der Waals surface area contributed by atoms with Crippen LogP contribution in [0.2, 0.25) is 5.02 Å². The van der Waals surface area contributed by atoms with Gasteiger partial charge in [-0.25, -0.2) is 4.98 Å². The molecule has 0 aliphatic rings. The van der Waals surface area contributed by atoms with Gasteiger partial charge in [-0.15, -0.1) is 11.6 Å². The number of rotatable bonds is 5. The molecular weight excluding hydrogens is 332 g/mol. The maximum absolute atomic E-state index is 12.2. The number of thioether (sulfide) groups is 1. The quantitative estimate of drug-likeness (QED) is 0.731. The third-order valence-corrected chi connectivity index (χ3v) is 3.83. The Labute approximate surface area is 128 Å². The topological polar surface area (TPSA) is 17.8 Å². The average molecular weight is 343 g/mol. The van der Waals surface area contributed by atoms with Gasteiger partial charge in [0.2, 0.25) is 0 Å². The fourth-order valence-corrected chi connectivity index (χ4v) is 2.77. The van der Waals surface area contributed by atoms with Gasteiger partial charge in [0.25, 0.3) is 0 Å². The summed E-state index contributed by atoms with van der Waals surface area (Å²) in [7, 11) is 0. The highest BCUT2D eigenvalue weighted by molar-refractivity contribution is 8.00. The second-order valence-corrected chi connectivity index (χ2v) is 6.02. The van der Waals surface area contributed by atoms with Crippen LogP contribution in [0.1, 0.15) is 5.82 Å². The number of nitrogens with zero attached hydrogens (tertiary/aromatic N) is 2. The van der Waals surface area contributed by atoms with Crippen LogP contribution in [-0.2, 0) is 13.0 Å². The van der Waals surface area contributed by atoms with Crippen molar-refractivity contribution in [3.8, 4) is 0 Å². The number of alkyl halides is 4. The van der Waals surface area contributed by atoms with Gasteiger partial charge in [0.05, 0.1) is 11.0 Å². The van der Waals surface area contributed by atoms with E-state index in [1.807, 2.05) is 0 Å². The SMILES string of the molecule is FC(F)(F)SCCn1c(CCCl)nc2cc(Cl)ccc21. The lowest BCUT2D eigenvalue weighted by Gasteiger charge is -2.09. The molecule has 0 N–H and O–H groups in total. The molecule has 8 heteroatoms. The van der Waals surface area contributed by atoms with Gasteiger partial charge in [-0.3, -0.25) is 0 Å². The summed E-state index contributed by atoms with van der Waals surface area (Å²) in [6.07, 6.45) is 0.505. The lowest BCUT2D eigenvalue weighted by molar-refractivity contribution is -0.0328. The van der Waals surface area contributed by atoms with E-state index in [-0.39, 0.29) is 24.1 Å². The molecule has 1 heterocycles. The molecule has 110 valence electrons. The predicted octanol–water partition coefficient (Wildman–Crippen LogP) is 4.72. The molecule has 0 bridgehead atoms. The Morgan fingerprint density at radius 3 is 2.70 bits per heavy atom. The smallest absolute Gasteiger partial charge is 0.327 e. The van der Waals surface area contributed by atoms with Crippen LogP contribution in [0, 0.1) is 0 Å². The minimum absolute atomic E-state index is 0.0374. The fourth-order valence-electron chi connectivity index (χ4n) is 1.93. The van der Waals surface area contributed by atoms with E-state index in [1.165, 1.54) is 0 Å². The third-order valence-electron chi connectivity index (χ3n) is 2.69. The number of halogens is 5. The van der Waals surface area contributed by atoms with E-state index in [0.717, 1.165) is 5.52 Å². The summed E-state index contributed by atoms with van der Waals surface area (Å²) < 4.78 is 38.4. The summed E-state index contributed by atoms with van der Waals surface area (Å²) in [5.41, 5.74) is -2.77.